The van der Waals surface area contributed by atoms with Crippen molar-refractivity contribution in [3.63, 3.8) is 0 Å². The van der Waals surface area contributed by atoms with Crippen molar-refractivity contribution in [3.05, 3.63) is 35.4 Å². The third-order valence-electron chi connectivity index (χ3n) is 2.33. The molecule has 0 fully saturated rings. The molecule has 1 rings (SSSR count). The molecule has 3 N–H and O–H groups in total. The number of unbranched alkanes of at least 4 members (excludes halogenated alkanes) is 1. The van der Waals surface area contributed by atoms with Crippen molar-refractivity contribution < 1.29 is 9.90 Å². The van der Waals surface area contributed by atoms with Crippen LogP contribution in [0.5, 0.6) is 0 Å². The van der Waals surface area contributed by atoms with Gasteiger partial charge in [0.25, 0.3) is 0 Å². The number of thiocarbonyl (C=S) groups is 1. The summed E-state index contributed by atoms with van der Waals surface area (Å²) in [6, 6.07) is 6.51. The lowest BCUT2D eigenvalue weighted by molar-refractivity contribution is 0.0697. The molecule has 5 nitrogen and oxygen atoms in total. The molecular formula is C13H17N3O2S. The van der Waals surface area contributed by atoms with E-state index in [1.807, 2.05) is 0 Å². The molecule has 0 saturated heterocycles. The van der Waals surface area contributed by atoms with Gasteiger partial charge in [-0.05, 0) is 36.3 Å². The number of benzene rings is 1. The first-order chi connectivity index (χ1) is 9.13. The molecule has 0 amide bonds. The molecule has 0 heterocycles. The van der Waals surface area contributed by atoms with E-state index in [1.165, 1.54) is 12.3 Å². The monoisotopic (exact) mass is 279 g/mol. The van der Waals surface area contributed by atoms with E-state index < -0.39 is 5.97 Å². The van der Waals surface area contributed by atoms with Gasteiger partial charge in [0.1, 0.15) is 0 Å². The average molecular weight is 279 g/mol. The van der Waals surface area contributed by atoms with Gasteiger partial charge in [-0.2, -0.15) is 5.10 Å². The molecule has 0 radical (unpaired) electrons. The van der Waals surface area contributed by atoms with Crippen LogP contribution in [0.15, 0.2) is 29.4 Å². The number of carbonyl (C=O) groups is 1. The second kappa shape index (κ2) is 8.20. The van der Waals surface area contributed by atoms with Crippen LogP contribution in [0.2, 0.25) is 0 Å². The van der Waals surface area contributed by atoms with Gasteiger partial charge in [-0.15, -0.1) is 0 Å². The molecule has 102 valence electrons. The quantitative estimate of drug-likeness (QED) is 0.321. The van der Waals surface area contributed by atoms with Crippen LogP contribution in [-0.2, 0) is 0 Å². The first-order valence-electron chi connectivity index (χ1n) is 6.03. The fraction of sp³-hybridized carbons (Fsp3) is 0.308. The molecule has 0 unspecified atom stereocenters. The first kappa shape index (κ1) is 15.1. The number of hydrazone groups is 1. The highest BCUT2D eigenvalue weighted by Gasteiger charge is 2.01. The van der Waals surface area contributed by atoms with Crippen molar-refractivity contribution in [2.45, 2.75) is 19.8 Å². The highest BCUT2D eigenvalue weighted by Crippen LogP contribution is 2.02. The van der Waals surface area contributed by atoms with E-state index in [9.17, 15) is 4.79 Å². The Morgan fingerprint density at radius 3 is 3.00 bits per heavy atom. The number of hydrogen-bond donors (Lipinski definition) is 3. The molecule has 0 aliphatic rings. The highest BCUT2D eigenvalue weighted by molar-refractivity contribution is 7.80. The fourth-order valence-corrected chi connectivity index (χ4v) is 1.49. The number of nitrogens with zero attached hydrogens (tertiary/aromatic N) is 1. The van der Waals surface area contributed by atoms with Crippen molar-refractivity contribution >= 4 is 29.5 Å². The van der Waals surface area contributed by atoms with Gasteiger partial charge in [0, 0.05) is 6.54 Å². The Hall–Kier alpha value is -1.95. The van der Waals surface area contributed by atoms with E-state index in [0.717, 1.165) is 19.4 Å². The van der Waals surface area contributed by atoms with Crippen LogP contribution >= 0.6 is 12.2 Å². The van der Waals surface area contributed by atoms with Gasteiger partial charge in [-0.3, -0.25) is 5.43 Å². The van der Waals surface area contributed by atoms with Crippen LogP contribution in [0.4, 0.5) is 0 Å². The molecule has 0 atom stereocenters. The molecule has 0 spiro atoms. The average Bonchev–Trinajstić information content (AvgIpc) is 2.39. The van der Waals surface area contributed by atoms with E-state index in [0.29, 0.717) is 10.7 Å². The summed E-state index contributed by atoms with van der Waals surface area (Å²) < 4.78 is 0. The predicted octanol–water partition coefficient (Wildman–Crippen LogP) is 1.98. The molecule has 6 heteroatoms. The molecule has 1 aromatic rings. The first-order valence-corrected chi connectivity index (χ1v) is 6.44. The Balaban J connectivity index is 2.46. The number of carboxylic acids is 1. The Bertz CT molecular complexity index is 475. The molecule has 19 heavy (non-hydrogen) atoms. The molecule has 0 aromatic heterocycles. The fourth-order valence-electron chi connectivity index (χ4n) is 1.34. The van der Waals surface area contributed by atoms with Crippen LogP contribution in [-0.4, -0.2) is 28.9 Å². The maximum absolute atomic E-state index is 10.8. The normalized spacial score (nSPS) is 10.4. The van der Waals surface area contributed by atoms with Crippen molar-refractivity contribution in [1.29, 1.82) is 0 Å². The minimum absolute atomic E-state index is 0.229. The zero-order valence-electron chi connectivity index (χ0n) is 10.7. The van der Waals surface area contributed by atoms with Gasteiger partial charge < -0.3 is 10.4 Å². The SMILES string of the molecule is CCCCNC(=S)N/N=C/c1cccc(C(=O)O)c1. The Kier molecular flexibility index (Phi) is 6.52. The minimum Gasteiger partial charge on any atom is -0.478 e. The number of nitrogens with one attached hydrogen (secondary N) is 2. The molecule has 0 saturated carbocycles. The standard InChI is InChI=1S/C13H17N3O2S/c1-2-3-7-14-13(19)16-15-9-10-5-4-6-11(8-10)12(17)18/h4-6,8-9H,2-3,7H2,1H3,(H,17,18)(H2,14,16,19)/b15-9+. The van der Waals surface area contributed by atoms with Crippen molar-refractivity contribution in [2.24, 2.45) is 5.10 Å². The molecule has 0 aliphatic heterocycles. The summed E-state index contributed by atoms with van der Waals surface area (Å²) in [5.41, 5.74) is 3.61. The Morgan fingerprint density at radius 2 is 2.32 bits per heavy atom. The van der Waals surface area contributed by atoms with Gasteiger partial charge in [0.2, 0.25) is 0 Å². The number of rotatable bonds is 6. The third kappa shape index (κ3) is 5.96. The van der Waals surface area contributed by atoms with Gasteiger partial charge in [-0.25, -0.2) is 4.79 Å². The lowest BCUT2D eigenvalue weighted by Crippen LogP contribution is -2.32. The number of carboxylic acid groups (broad SMARTS) is 1. The van der Waals surface area contributed by atoms with Crippen LogP contribution in [0.1, 0.15) is 35.7 Å². The molecule has 0 bridgehead atoms. The topological polar surface area (TPSA) is 73.7 Å². The summed E-state index contributed by atoms with van der Waals surface area (Å²) in [6.07, 6.45) is 3.67. The van der Waals surface area contributed by atoms with E-state index in [4.69, 9.17) is 17.3 Å². The van der Waals surface area contributed by atoms with Crippen LogP contribution in [0.25, 0.3) is 0 Å². The lowest BCUT2D eigenvalue weighted by Gasteiger charge is -2.05. The van der Waals surface area contributed by atoms with E-state index >= 15 is 0 Å². The van der Waals surface area contributed by atoms with Gasteiger partial charge >= 0.3 is 5.97 Å². The predicted molar refractivity (Wildman–Crippen MR) is 79.6 cm³/mol. The second-order valence-electron chi connectivity index (χ2n) is 3.91. The highest BCUT2D eigenvalue weighted by atomic mass is 32.1. The van der Waals surface area contributed by atoms with E-state index in [2.05, 4.69) is 22.8 Å². The smallest absolute Gasteiger partial charge is 0.335 e. The zero-order chi connectivity index (χ0) is 14.1. The summed E-state index contributed by atoms with van der Waals surface area (Å²) in [4.78, 5) is 10.8. The van der Waals surface area contributed by atoms with Gasteiger partial charge in [0.05, 0.1) is 11.8 Å². The van der Waals surface area contributed by atoms with Crippen LogP contribution < -0.4 is 10.7 Å². The van der Waals surface area contributed by atoms with E-state index in [1.54, 1.807) is 18.2 Å². The largest absolute Gasteiger partial charge is 0.478 e. The Labute approximate surface area is 117 Å². The molecule has 0 aliphatic carbocycles. The van der Waals surface area contributed by atoms with Crippen LogP contribution in [0.3, 0.4) is 0 Å². The maximum Gasteiger partial charge on any atom is 0.335 e. The molecular weight excluding hydrogens is 262 g/mol. The van der Waals surface area contributed by atoms with Crippen molar-refractivity contribution in [1.82, 2.24) is 10.7 Å². The lowest BCUT2D eigenvalue weighted by atomic mass is 10.1. The van der Waals surface area contributed by atoms with Gasteiger partial charge in [0.15, 0.2) is 5.11 Å². The minimum atomic E-state index is -0.958. The van der Waals surface area contributed by atoms with E-state index in [-0.39, 0.29) is 5.56 Å². The maximum atomic E-state index is 10.8. The zero-order valence-corrected chi connectivity index (χ0v) is 11.5. The summed E-state index contributed by atoms with van der Waals surface area (Å²) in [5, 5.41) is 16.3. The number of hydrogen-bond acceptors (Lipinski definition) is 3. The third-order valence-corrected chi connectivity index (χ3v) is 2.56. The van der Waals surface area contributed by atoms with Crippen molar-refractivity contribution in [3.8, 4) is 0 Å². The summed E-state index contributed by atoms with van der Waals surface area (Å²) in [6.45, 7) is 2.91. The summed E-state index contributed by atoms with van der Waals surface area (Å²) in [7, 11) is 0. The summed E-state index contributed by atoms with van der Waals surface area (Å²) in [5.74, 6) is -0.958. The summed E-state index contributed by atoms with van der Waals surface area (Å²) >= 11 is 5.02. The molecule has 1 aromatic carbocycles. The van der Waals surface area contributed by atoms with Crippen LogP contribution in [0, 0.1) is 0 Å². The van der Waals surface area contributed by atoms with Gasteiger partial charge in [-0.1, -0.05) is 25.5 Å². The van der Waals surface area contributed by atoms with Crippen molar-refractivity contribution in [2.75, 3.05) is 6.54 Å². The number of aromatic carboxylic acids is 1. The Morgan fingerprint density at radius 1 is 1.53 bits per heavy atom. The second-order valence-corrected chi connectivity index (χ2v) is 4.32.